The largest absolute Gasteiger partial charge is 0.255 e. The Balaban J connectivity index is 2.66. The van der Waals surface area contributed by atoms with Crippen LogP contribution in [0.1, 0.15) is 0 Å². The molecule has 0 saturated carbocycles. The van der Waals surface area contributed by atoms with Gasteiger partial charge < -0.3 is 0 Å². The fourth-order valence-electron chi connectivity index (χ4n) is 0.898. The minimum atomic E-state index is -3.03. The summed E-state index contributed by atoms with van der Waals surface area (Å²) in [5.74, 6) is 0. The molecule has 10 heavy (non-hydrogen) atoms. The zero-order valence-corrected chi connectivity index (χ0v) is 6.14. The molecule has 0 aromatic rings. The molecule has 0 fully saturated rings. The molecule has 0 bridgehead atoms. The normalized spacial score (nSPS) is 13.3. The Labute approximate surface area is 58.6 Å². The first-order valence-electron chi connectivity index (χ1n) is 2.79. The lowest BCUT2D eigenvalue weighted by atomic mass is 10.6. The lowest BCUT2D eigenvalue weighted by Crippen LogP contribution is -1.93. The van der Waals surface area contributed by atoms with Crippen LogP contribution in [0.2, 0.25) is 0 Å². The highest BCUT2D eigenvalue weighted by Crippen LogP contribution is 2.37. The van der Waals surface area contributed by atoms with Crippen LogP contribution in [0.4, 0.5) is 0 Å². The van der Waals surface area contributed by atoms with Crippen LogP contribution in [0.25, 0.3) is 11.3 Å². The second-order valence-corrected chi connectivity index (χ2v) is 4.32. The molecule has 2 rings (SSSR count). The van der Waals surface area contributed by atoms with Crippen LogP contribution >= 0.6 is 0 Å². The van der Waals surface area contributed by atoms with E-state index in [-0.39, 0.29) is 0 Å². The molecule has 0 aromatic heterocycles. The average Bonchev–Trinajstić information content (AvgIpc) is 2.40. The monoisotopic (exact) mass is 155 g/mol. The Morgan fingerprint density at radius 2 is 2.20 bits per heavy atom. The van der Waals surface area contributed by atoms with Gasteiger partial charge in [0, 0.05) is 18.0 Å². The Hall–Kier alpha value is -0.900. The van der Waals surface area contributed by atoms with Gasteiger partial charge in [-0.25, -0.2) is 8.42 Å². The van der Waals surface area contributed by atoms with E-state index in [2.05, 4.69) is 4.98 Å². The Bertz CT molecular complexity index is 394. The summed E-state index contributed by atoms with van der Waals surface area (Å²) in [6, 6.07) is 1.76. The minimum absolute atomic E-state index is 0.363. The van der Waals surface area contributed by atoms with Crippen LogP contribution in [0, 0.1) is 0 Å². The fourth-order valence-corrected chi connectivity index (χ4v) is 1.71. The smallest absolute Gasteiger partial charge is 0.177 e. The summed E-state index contributed by atoms with van der Waals surface area (Å²) in [6.07, 6.45) is 2.59. The van der Waals surface area contributed by atoms with Gasteiger partial charge in [-0.05, 0) is 6.07 Å². The lowest BCUT2D eigenvalue weighted by Gasteiger charge is -1.87. The molecule has 1 aliphatic heterocycles. The average molecular weight is 155 g/mol. The molecule has 2 aliphatic rings. The van der Waals surface area contributed by atoms with Gasteiger partial charge in [0.05, 0.1) is 10.6 Å². The van der Waals surface area contributed by atoms with Gasteiger partial charge >= 0.3 is 0 Å². The lowest BCUT2D eigenvalue weighted by molar-refractivity contribution is 0.602. The first-order chi connectivity index (χ1) is 4.59. The molecule has 0 radical (unpaired) electrons. The number of hydrogen-bond acceptors (Lipinski definition) is 3. The summed E-state index contributed by atoms with van der Waals surface area (Å²) in [5, 5.41) is 0. The van der Waals surface area contributed by atoms with E-state index in [9.17, 15) is 8.42 Å². The van der Waals surface area contributed by atoms with Crippen LogP contribution in [0.3, 0.4) is 0 Å². The topological polar surface area (TPSA) is 47.0 Å². The predicted molar refractivity (Wildman–Crippen MR) is 36.3 cm³/mol. The maximum Gasteiger partial charge on any atom is 0.177 e. The molecule has 0 saturated heterocycles. The van der Waals surface area contributed by atoms with Crippen molar-refractivity contribution in [2.45, 2.75) is 4.90 Å². The number of hydrogen-bond donors (Lipinski definition) is 0. The fraction of sp³-hybridized carbons (Fsp3) is 0.167. The number of nitrogens with zero attached hydrogens (tertiary/aromatic N) is 1. The van der Waals surface area contributed by atoms with Gasteiger partial charge in [-0.15, -0.1) is 0 Å². The van der Waals surface area contributed by atoms with Gasteiger partial charge in [0.1, 0.15) is 0 Å². The highest BCUT2D eigenvalue weighted by molar-refractivity contribution is 7.90. The SMILES string of the molecule is CS(=O)(=O)c1cnc2cc1-2. The summed E-state index contributed by atoms with van der Waals surface area (Å²) in [6.45, 7) is 0. The van der Waals surface area contributed by atoms with Gasteiger partial charge in [0.15, 0.2) is 9.84 Å². The molecule has 3 nitrogen and oxygen atoms in total. The van der Waals surface area contributed by atoms with Crippen molar-refractivity contribution in [2.24, 2.45) is 0 Å². The van der Waals surface area contributed by atoms with E-state index in [0.717, 1.165) is 11.3 Å². The number of rotatable bonds is 1. The summed E-state index contributed by atoms with van der Waals surface area (Å²) >= 11 is 0. The molecule has 0 unspecified atom stereocenters. The van der Waals surface area contributed by atoms with E-state index >= 15 is 0 Å². The summed E-state index contributed by atoms with van der Waals surface area (Å²) in [5.41, 5.74) is 1.61. The highest BCUT2D eigenvalue weighted by Gasteiger charge is 2.25. The third-order valence-electron chi connectivity index (χ3n) is 1.46. The summed E-state index contributed by atoms with van der Waals surface area (Å²) < 4.78 is 21.8. The van der Waals surface area contributed by atoms with Crippen molar-refractivity contribution >= 4 is 9.84 Å². The van der Waals surface area contributed by atoms with Crippen LogP contribution < -0.4 is 0 Å². The van der Waals surface area contributed by atoms with Crippen molar-refractivity contribution in [3.63, 3.8) is 0 Å². The van der Waals surface area contributed by atoms with Crippen molar-refractivity contribution in [3.8, 4) is 11.3 Å². The zero-order valence-electron chi connectivity index (χ0n) is 5.33. The van der Waals surface area contributed by atoms with E-state index in [1.165, 1.54) is 12.5 Å². The van der Waals surface area contributed by atoms with Crippen molar-refractivity contribution in [2.75, 3.05) is 6.26 Å². The van der Waals surface area contributed by atoms with Crippen LogP contribution in [-0.4, -0.2) is 19.7 Å². The maximum absolute atomic E-state index is 10.9. The number of aromatic nitrogens is 1. The van der Waals surface area contributed by atoms with Gasteiger partial charge in [-0.3, -0.25) is 4.98 Å². The standard InChI is InChI=1S/C6H5NO2S/c1-10(8,9)6-3-7-5-2-4(5)6/h2-3H,1H3. The van der Waals surface area contributed by atoms with Crippen molar-refractivity contribution in [1.29, 1.82) is 0 Å². The molecule has 1 heterocycles. The number of sulfone groups is 1. The first kappa shape index (κ1) is 5.85. The molecule has 0 N–H and O–H groups in total. The van der Waals surface area contributed by atoms with Crippen LogP contribution in [0.5, 0.6) is 0 Å². The van der Waals surface area contributed by atoms with E-state index in [0.29, 0.717) is 4.90 Å². The molecule has 52 valence electrons. The molecule has 0 atom stereocenters. The Morgan fingerprint density at radius 1 is 1.50 bits per heavy atom. The van der Waals surface area contributed by atoms with Crippen molar-refractivity contribution in [1.82, 2.24) is 4.98 Å². The number of fused-ring (bicyclic) bond motifs is 1. The van der Waals surface area contributed by atoms with Gasteiger partial charge in [-0.1, -0.05) is 0 Å². The Morgan fingerprint density at radius 3 is 2.40 bits per heavy atom. The second kappa shape index (κ2) is 1.40. The van der Waals surface area contributed by atoms with E-state index < -0.39 is 9.84 Å². The van der Waals surface area contributed by atoms with Crippen molar-refractivity contribution < 1.29 is 8.42 Å². The van der Waals surface area contributed by atoms with Crippen molar-refractivity contribution in [3.05, 3.63) is 12.3 Å². The highest BCUT2D eigenvalue weighted by atomic mass is 32.2. The second-order valence-electron chi connectivity index (χ2n) is 2.34. The van der Waals surface area contributed by atoms with Crippen LogP contribution in [0.15, 0.2) is 17.2 Å². The minimum Gasteiger partial charge on any atom is -0.255 e. The van der Waals surface area contributed by atoms with Crippen LogP contribution in [-0.2, 0) is 9.84 Å². The summed E-state index contributed by atoms with van der Waals surface area (Å²) in [4.78, 5) is 4.20. The Kier molecular flexibility index (Phi) is 0.817. The van der Waals surface area contributed by atoms with Gasteiger partial charge in [0.2, 0.25) is 0 Å². The molecule has 0 aromatic carbocycles. The molecule has 1 aliphatic carbocycles. The molecule has 0 amide bonds. The van der Waals surface area contributed by atoms with Gasteiger partial charge in [0.25, 0.3) is 0 Å². The molecule has 4 heteroatoms. The maximum atomic E-state index is 10.9. The predicted octanol–water partition coefficient (Wildman–Crippen LogP) is 0.466. The third kappa shape index (κ3) is 0.654. The molecule has 0 spiro atoms. The van der Waals surface area contributed by atoms with E-state index in [1.54, 1.807) is 6.07 Å². The number of pyridine rings is 1. The van der Waals surface area contributed by atoms with E-state index in [1.807, 2.05) is 0 Å². The van der Waals surface area contributed by atoms with Gasteiger partial charge in [-0.2, -0.15) is 0 Å². The third-order valence-corrected chi connectivity index (χ3v) is 2.58. The van der Waals surface area contributed by atoms with E-state index in [4.69, 9.17) is 0 Å². The first-order valence-corrected chi connectivity index (χ1v) is 4.68. The zero-order chi connectivity index (χ0) is 7.35. The quantitative estimate of drug-likeness (QED) is 0.601. The summed E-state index contributed by atoms with van der Waals surface area (Å²) in [7, 11) is -3.03. The molecular formula is C6H5NO2S. The molecular weight excluding hydrogens is 150 g/mol.